The van der Waals surface area contributed by atoms with E-state index in [2.05, 4.69) is 31.5 Å². The van der Waals surface area contributed by atoms with Gasteiger partial charge < -0.3 is 4.42 Å². The maximum atomic E-state index is 5.13. The Morgan fingerprint density at radius 3 is 2.82 bits per heavy atom. The topological polar surface area (TPSA) is 26.0 Å². The van der Waals surface area contributed by atoms with Crippen LogP contribution in [-0.2, 0) is 12.2 Å². The van der Waals surface area contributed by atoms with Gasteiger partial charge in [0.1, 0.15) is 6.26 Å². The normalized spacial score (nSPS) is 10.9. The zero-order chi connectivity index (χ0) is 8.27. The number of rotatable bonds is 3. The van der Waals surface area contributed by atoms with Gasteiger partial charge in [0, 0.05) is 0 Å². The van der Waals surface area contributed by atoms with E-state index in [1.807, 2.05) is 0 Å². The highest BCUT2D eigenvalue weighted by atomic mass is 32.1. The molecule has 0 bridgehead atoms. The minimum atomic E-state index is 0.581. The number of nitrogens with zero attached hydrogens (tertiary/aromatic N) is 1. The highest BCUT2D eigenvalue weighted by Crippen LogP contribution is 2.08. The Kier molecular flexibility index (Phi) is 3.00. The van der Waals surface area contributed by atoms with Gasteiger partial charge in [-0.2, -0.15) is 12.6 Å². The zero-order valence-corrected chi connectivity index (χ0v) is 7.77. The molecule has 1 heterocycles. The van der Waals surface area contributed by atoms with Gasteiger partial charge in [0.2, 0.25) is 5.89 Å². The van der Waals surface area contributed by atoms with Crippen LogP contribution in [0.4, 0.5) is 0 Å². The van der Waals surface area contributed by atoms with Gasteiger partial charge in [-0.25, -0.2) is 4.98 Å². The molecule has 0 saturated heterocycles. The number of aromatic nitrogens is 1. The van der Waals surface area contributed by atoms with Gasteiger partial charge in [0.15, 0.2) is 0 Å². The van der Waals surface area contributed by atoms with Crippen LogP contribution in [0.1, 0.15) is 25.4 Å². The van der Waals surface area contributed by atoms with Crippen molar-refractivity contribution < 1.29 is 4.42 Å². The smallest absolute Gasteiger partial charge is 0.203 e. The number of thiol groups is 1. The van der Waals surface area contributed by atoms with Crippen molar-refractivity contribution in [1.82, 2.24) is 4.98 Å². The van der Waals surface area contributed by atoms with Crippen LogP contribution in [-0.4, -0.2) is 4.98 Å². The van der Waals surface area contributed by atoms with Crippen molar-refractivity contribution >= 4 is 12.6 Å². The molecular weight excluding hydrogens is 158 g/mol. The van der Waals surface area contributed by atoms with E-state index < -0.39 is 0 Å². The molecule has 0 fully saturated rings. The summed E-state index contributed by atoms with van der Waals surface area (Å²) in [5.41, 5.74) is 1.03. The molecule has 1 aromatic rings. The van der Waals surface area contributed by atoms with Crippen LogP contribution in [0.5, 0.6) is 0 Å². The third-order valence-corrected chi connectivity index (χ3v) is 1.62. The first-order valence-corrected chi connectivity index (χ1v) is 4.39. The van der Waals surface area contributed by atoms with Crippen molar-refractivity contribution in [1.29, 1.82) is 0 Å². The molecular formula is C8H13NOS. The van der Waals surface area contributed by atoms with Crippen molar-refractivity contribution in [3.05, 3.63) is 17.8 Å². The Hall–Kier alpha value is -0.440. The third kappa shape index (κ3) is 2.58. The van der Waals surface area contributed by atoms with Gasteiger partial charge in [0.25, 0.3) is 0 Å². The Morgan fingerprint density at radius 1 is 1.64 bits per heavy atom. The minimum absolute atomic E-state index is 0.581. The van der Waals surface area contributed by atoms with Crippen LogP contribution in [0.2, 0.25) is 0 Å². The highest BCUT2D eigenvalue weighted by molar-refractivity contribution is 7.79. The molecule has 2 nitrogen and oxygen atoms in total. The van der Waals surface area contributed by atoms with E-state index in [-0.39, 0.29) is 0 Å². The van der Waals surface area contributed by atoms with Gasteiger partial charge in [-0.3, -0.25) is 0 Å². The maximum absolute atomic E-state index is 5.13. The van der Waals surface area contributed by atoms with Gasteiger partial charge in [0.05, 0.1) is 11.4 Å². The lowest BCUT2D eigenvalue weighted by Gasteiger charge is -1.97. The Balaban J connectivity index is 2.58. The molecule has 3 heteroatoms. The summed E-state index contributed by atoms with van der Waals surface area (Å²) in [7, 11) is 0. The summed E-state index contributed by atoms with van der Waals surface area (Å²) < 4.78 is 5.13. The highest BCUT2D eigenvalue weighted by Gasteiger charge is 2.03. The second-order valence-corrected chi connectivity index (χ2v) is 3.30. The first kappa shape index (κ1) is 8.65. The van der Waals surface area contributed by atoms with Crippen molar-refractivity contribution in [3.8, 4) is 0 Å². The van der Waals surface area contributed by atoms with Crippen LogP contribution in [0.15, 0.2) is 10.7 Å². The molecule has 1 aromatic heterocycles. The van der Waals surface area contributed by atoms with Crippen LogP contribution in [0.3, 0.4) is 0 Å². The Morgan fingerprint density at radius 2 is 2.36 bits per heavy atom. The molecule has 0 radical (unpaired) electrons. The molecule has 0 unspecified atom stereocenters. The molecule has 0 spiro atoms. The van der Waals surface area contributed by atoms with Crippen molar-refractivity contribution in [2.24, 2.45) is 5.92 Å². The standard InChI is InChI=1S/C8H13NOS/c1-6(2)3-7-4-10-8(5-11)9-7/h4,6,11H,3,5H2,1-2H3. The zero-order valence-electron chi connectivity index (χ0n) is 6.87. The van der Waals surface area contributed by atoms with Crippen LogP contribution in [0.25, 0.3) is 0 Å². The minimum Gasteiger partial charge on any atom is -0.448 e. The molecule has 0 aliphatic carbocycles. The van der Waals surface area contributed by atoms with Gasteiger partial charge in [-0.05, 0) is 12.3 Å². The summed E-state index contributed by atoms with van der Waals surface area (Å²) in [4.78, 5) is 4.23. The Labute approximate surface area is 72.4 Å². The van der Waals surface area contributed by atoms with Crippen molar-refractivity contribution in [3.63, 3.8) is 0 Å². The molecule has 0 aliphatic heterocycles. The fourth-order valence-corrected chi connectivity index (χ4v) is 1.08. The predicted octanol–water partition coefficient (Wildman–Crippen LogP) is 2.30. The monoisotopic (exact) mass is 171 g/mol. The van der Waals surface area contributed by atoms with E-state index in [1.54, 1.807) is 6.26 Å². The average Bonchev–Trinajstić information content (AvgIpc) is 2.34. The lowest BCUT2D eigenvalue weighted by molar-refractivity contribution is 0.515. The molecule has 0 aromatic carbocycles. The maximum Gasteiger partial charge on any atom is 0.203 e. The SMILES string of the molecule is CC(C)Cc1coc(CS)n1. The first-order valence-electron chi connectivity index (χ1n) is 3.76. The van der Waals surface area contributed by atoms with Gasteiger partial charge in [-0.1, -0.05) is 13.8 Å². The number of hydrogen-bond donors (Lipinski definition) is 1. The summed E-state index contributed by atoms with van der Waals surface area (Å²) in [5, 5.41) is 0. The average molecular weight is 171 g/mol. The molecule has 0 atom stereocenters. The van der Waals surface area contributed by atoms with E-state index in [1.165, 1.54) is 0 Å². The number of hydrogen-bond acceptors (Lipinski definition) is 3. The first-order chi connectivity index (χ1) is 5.22. The van der Waals surface area contributed by atoms with Crippen LogP contribution >= 0.6 is 12.6 Å². The molecule has 11 heavy (non-hydrogen) atoms. The summed E-state index contributed by atoms with van der Waals surface area (Å²) in [6.07, 6.45) is 2.70. The van der Waals surface area contributed by atoms with E-state index in [9.17, 15) is 0 Å². The summed E-state index contributed by atoms with van der Waals surface area (Å²) >= 11 is 4.06. The summed E-state index contributed by atoms with van der Waals surface area (Å²) in [6, 6.07) is 0. The quantitative estimate of drug-likeness (QED) is 0.706. The summed E-state index contributed by atoms with van der Waals surface area (Å²) in [5.74, 6) is 1.93. The second kappa shape index (κ2) is 3.81. The van der Waals surface area contributed by atoms with Crippen LogP contribution < -0.4 is 0 Å². The van der Waals surface area contributed by atoms with E-state index in [4.69, 9.17) is 4.42 Å². The lowest BCUT2D eigenvalue weighted by atomic mass is 10.1. The molecule has 0 amide bonds. The van der Waals surface area contributed by atoms with Crippen LogP contribution in [0, 0.1) is 5.92 Å². The van der Waals surface area contributed by atoms with E-state index in [0.717, 1.165) is 12.1 Å². The molecule has 1 rings (SSSR count). The van der Waals surface area contributed by atoms with Gasteiger partial charge >= 0.3 is 0 Å². The fraction of sp³-hybridized carbons (Fsp3) is 0.625. The molecule has 0 saturated carbocycles. The largest absolute Gasteiger partial charge is 0.448 e. The van der Waals surface area contributed by atoms with Crippen molar-refractivity contribution in [2.45, 2.75) is 26.0 Å². The fourth-order valence-electron chi connectivity index (χ4n) is 0.934. The third-order valence-electron chi connectivity index (χ3n) is 1.35. The predicted molar refractivity (Wildman–Crippen MR) is 47.7 cm³/mol. The van der Waals surface area contributed by atoms with Crippen molar-refractivity contribution in [2.75, 3.05) is 0 Å². The van der Waals surface area contributed by atoms with E-state index >= 15 is 0 Å². The molecule has 62 valence electrons. The second-order valence-electron chi connectivity index (χ2n) is 2.99. The summed E-state index contributed by atoms with van der Waals surface area (Å²) in [6.45, 7) is 4.32. The lowest BCUT2D eigenvalue weighted by Crippen LogP contribution is -1.93. The molecule has 0 N–H and O–H groups in total. The Bertz CT molecular complexity index is 220. The van der Waals surface area contributed by atoms with E-state index in [0.29, 0.717) is 17.6 Å². The van der Waals surface area contributed by atoms with Gasteiger partial charge in [-0.15, -0.1) is 0 Å². The molecule has 0 aliphatic rings. The number of oxazole rings is 1.